The van der Waals surface area contributed by atoms with Crippen LogP contribution >= 0.6 is 21.6 Å². The second-order valence-electron chi connectivity index (χ2n) is 3.22. The fourth-order valence-corrected chi connectivity index (χ4v) is 4.44. The molecule has 1 fully saturated rings. The largest absolute Gasteiger partial charge is 0.370 e. The lowest BCUT2D eigenvalue weighted by atomic mass is 10.1. The molecule has 0 saturated carbocycles. The Morgan fingerprint density at radius 3 is 2.36 bits per heavy atom. The highest BCUT2D eigenvalue weighted by atomic mass is 33.1. The molecule has 11 heavy (non-hydrogen) atoms. The van der Waals surface area contributed by atoms with E-state index in [1.807, 2.05) is 21.6 Å². The summed E-state index contributed by atoms with van der Waals surface area (Å²) in [7, 11) is 5.69. The van der Waals surface area contributed by atoms with Gasteiger partial charge in [0, 0.05) is 12.4 Å². The third kappa shape index (κ3) is 2.88. The van der Waals surface area contributed by atoms with Crippen LogP contribution in [0.4, 0.5) is 0 Å². The first-order chi connectivity index (χ1) is 5.24. The van der Waals surface area contributed by atoms with E-state index < -0.39 is 0 Å². The minimum Gasteiger partial charge on any atom is -0.370 e. The molecule has 66 valence electrons. The summed E-state index contributed by atoms with van der Waals surface area (Å²) in [5.74, 6) is 0.810. The van der Waals surface area contributed by atoms with Crippen molar-refractivity contribution < 1.29 is 4.74 Å². The number of methoxy groups -OCH3 is 1. The quantitative estimate of drug-likeness (QED) is 0.622. The maximum absolute atomic E-state index is 5.26. The van der Waals surface area contributed by atoms with Gasteiger partial charge in [0.15, 0.2) is 0 Å². The number of ether oxygens (including phenoxy) is 1. The molecular weight excluding hydrogens is 176 g/mol. The van der Waals surface area contributed by atoms with Gasteiger partial charge in [0.25, 0.3) is 0 Å². The topological polar surface area (TPSA) is 9.23 Å². The molecule has 3 heteroatoms. The van der Waals surface area contributed by atoms with Gasteiger partial charge in [-0.05, 0) is 18.8 Å². The maximum atomic E-state index is 5.26. The van der Waals surface area contributed by atoms with Crippen molar-refractivity contribution in [3.8, 4) is 0 Å². The van der Waals surface area contributed by atoms with Gasteiger partial charge in [0.05, 0.1) is 0 Å². The van der Waals surface area contributed by atoms with Gasteiger partial charge in [0.2, 0.25) is 0 Å². The molecule has 2 unspecified atom stereocenters. The zero-order valence-corrected chi connectivity index (χ0v) is 9.00. The lowest BCUT2D eigenvalue weighted by Crippen LogP contribution is -2.19. The van der Waals surface area contributed by atoms with Crippen molar-refractivity contribution in [3.63, 3.8) is 0 Å². The van der Waals surface area contributed by atoms with Crippen LogP contribution in [-0.4, -0.2) is 17.8 Å². The molecule has 1 rings (SSSR count). The standard InChI is InChI=1S/C8H16OS2/c1-6(2)7-4-5-8(9-3)11-10-7/h6-8H,4-5H2,1-3H3. The summed E-state index contributed by atoms with van der Waals surface area (Å²) >= 11 is 0. The van der Waals surface area contributed by atoms with E-state index >= 15 is 0 Å². The molecule has 0 aromatic heterocycles. The van der Waals surface area contributed by atoms with Gasteiger partial charge in [-0.3, -0.25) is 0 Å². The lowest BCUT2D eigenvalue weighted by Gasteiger charge is -2.28. The summed E-state index contributed by atoms with van der Waals surface area (Å²) in [6.45, 7) is 4.59. The molecule has 0 aromatic rings. The number of hydrogen-bond donors (Lipinski definition) is 0. The Morgan fingerprint density at radius 1 is 1.27 bits per heavy atom. The molecule has 0 amide bonds. The first kappa shape index (κ1) is 9.75. The van der Waals surface area contributed by atoms with Gasteiger partial charge < -0.3 is 4.74 Å². The highest BCUT2D eigenvalue weighted by Gasteiger charge is 2.23. The first-order valence-corrected chi connectivity index (χ1v) is 6.36. The fourth-order valence-electron chi connectivity index (χ4n) is 1.13. The second-order valence-corrected chi connectivity index (χ2v) is 5.89. The molecule has 0 spiro atoms. The van der Waals surface area contributed by atoms with E-state index in [-0.39, 0.29) is 0 Å². The van der Waals surface area contributed by atoms with Crippen molar-refractivity contribution in [2.24, 2.45) is 5.92 Å². The Balaban J connectivity index is 2.24. The van der Waals surface area contributed by atoms with Crippen molar-refractivity contribution in [1.29, 1.82) is 0 Å². The van der Waals surface area contributed by atoms with Gasteiger partial charge in [-0.15, -0.1) is 0 Å². The zero-order chi connectivity index (χ0) is 8.27. The monoisotopic (exact) mass is 192 g/mol. The Morgan fingerprint density at radius 2 is 2.00 bits per heavy atom. The summed E-state index contributed by atoms with van der Waals surface area (Å²) in [5.41, 5.74) is 0.440. The van der Waals surface area contributed by atoms with Crippen LogP contribution in [0.3, 0.4) is 0 Å². The average molecular weight is 192 g/mol. The zero-order valence-electron chi connectivity index (χ0n) is 7.37. The first-order valence-electron chi connectivity index (χ1n) is 4.09. The van der Waals surface area contributed by atoms with Crippen LogP contribution < -0.4 is 0 Å². The Bertz CT molecular complexity index is 109. The van der Waals surface area contributed by atoms with Crippen LogP contribution in [0, 0.1) is 5.92 Å². The predicted octanol–water partition coefficient (Wildman–Crippen LogP) is 3.16. The summed E-state index contributed by atoms with van der Waals surface area (Å²) < 4.78 is 5.26. The third-order valence-electron chi connectivity index (χ3n) is 1.98. The smallest absolute Gasteiger partial charge is 0.112 e. The third-order valence-corrected chi connectivity index (χ3v) is 5.48. The fraction of sp³-hybridized carbons (Fsp3) is 1.00. The molecule has 0 aromatic carbocycles. The second kappa shape index (κ2) is 4.63. The van der Waals surface area contributed by atoms with E-state index in [0.717, 1.165) is 11.2 Å². The molecule has 0 bridgehead atoms. The average Bonchev–Trinajstić information content (AvgIpc) is 2.05. The van der Waals surface area contributed by atoms with Crippen LogP contribution in [0.2, 0.25) is 0 Å². The highest BCUT2D eigenvalue weighted by Crippen LogP contribution is 2.43. The Labute approximate surface area is 77.0 Å². The molecule has 1 saturated heterocycles. The summed E-state index contributed by atoms with van der Waals surface area (Å²) in [4.78, 5) is 0. The molecule has 1 nitrogen and oxygen atoms in total. The van der Waals surface area contributed by atoms with Gasteiger partial charge in [-0.2, -0.15) is 0 Å². The van der Waals surface area contributed by atoms with E-state index in [0.29, 0.717) is 5.44 Å². The maximum Gasteiger partial charge on any atom is 0.112 e. The SMILES string of the molecule is COC1CCC(C(C)C)SS1. The van der Waals surface area contributed by atoms with E-state index in [1.54, 1.807) is 7.11 Å². The molecule has 1 aliphatic heterocycles. The summed E-state index contributed by atoms with van der Waals surface area (Å²) in [6.07, 6.45) is 2.53. The van der Waals surface area contributed by atoms with Gasteiger partial charge >= 0.3 is 0 Å². The molecule has 0 N–H and O–H groups in total. The van der Waals surface area contributed by atoms with E-state index in [4.69, 9.17) is 4.74 Å². The van der Waals surface area contributed by atoms with Gasteiger partial charge in [-0.1, -0.05) is 35.4 Å². The Hall–Kier alpha value is 0.660. The normalized spacial score (nSPS) is 32.7. The molecule has 2 atom stereocenters. The van der Waals surface area contributed by atoms with E-state index in [2.05, 4.69) is 13.8 Å². The van der Waals surface area contributed by atoms with Crippen LogP contribution in [0.15, 0.2) is 0 Å². The predicted molar refractivity (Wildman–Crippen MR) is 53.8 cm³/mol. The number of hydrogen-bond acceptors (Lipinski definition) is 3. The van der Waals surface area contributed by atoms with Crippen LogP contribution in [0.5, 0.6) is 0 Å². The molecule has 0 aliphatic carbocycles. The minimum atomic E-state index is 0.440. The van der Waals surface area contributed by atoms with Crippen LogP contribution in [0.25, 0.3) is 0 Å². The van der Waals surface area contributed by atoms with E-state index in [9.17, 15) is 0 Å². The summed E-state index contributed by atoms with van der Waals surface area (Å²) in [5, 5.41) is 0.839. The lowest BCUT2D eigenvalue weighted by molar-refractivity contribution is 0.162. The van der Waals surface area contributed by atoms with Crippen molar-refractivity contribution in [2.45, 2.75) is 37.4 Å². The van der Waals surface area contributed by atoms with Crippen molar-refractivity contribution >= 4 is 21.6 Å². The molecule has 1 heterocycles. The van der Waals surface area contributed by atoms with Crippen LogP contribution in [0.1, 0.15) is 26.7 Å². The minimum absolute atomic E-state index is 0.440. The van der Waals surface area contributed by atoms with Crippen molar-refractivity contribution in [2.75, 3.05) is 7.11 Å². The molecular formula is C8H16OS2. The van der Waals surface area contributed by atoms with Gasteiger partial charge in [-0.25, -0.2) is 0 Å². The molecule has 0 radical (unpaired) electrons. The highest BCUT2D eigenvalue weighted by molar-refractivity contribution is 8.77. The summed E-state index contributed by atoms with van der Waals surface area (Å²) in [6, 6.07) is 0. The molecule has 1 aliphatic rings. The van der Waals surface area contributed by atoms with Crippen LogP contribution in [-0.2, 0) is 4.74 Å². The Kier molecular flexibility index (Phi) is 4.10. The van der Waals surface area contributed by atoms with Crippen molar-refractivity contribution in [3.05, 3.63) is 0 Å². The number of rotatable bonds is 2. The van der Waals surface area contributed by atoms with Gasteiger partial charge in [0.1, 0.15) is 5.44 Å². The van der Waals surface area contributed by atoms with E-state index in [1.165, 1.54) is 12.8 Å². The van der Waals surface area contributed by atoms with Crippen molar-refractivity contribution in [1.82, 2.24) is 0 Å².